The van der Waals surface area contributed by atoms with Crippen LogP contribution in [0, 0.1) is 0 Å². The van der Waals surface area contributed by atoms with E-state index in [0.29, 0.717) is 30.0 Å². The van der Waals surface area contributed by atoms with Crippen LogP contribution in [0.2, 0.25) is 0 Å². The van der Waals surface area contributed by atoms with Crippen LogP contribution in [0.5, 0.6) is 0 Å². The molecule has 1 fully saturated rings. The van der Waals surface area contributed by atoms with Gasteiger partial charge < -0.3 is 10.2 Å². The molecule has 228 valence electrons. The average Bonchev–Trinajstić information content (AvgIpc) is 3.27. The van der Waals surface area contributed by atoms with Crippen LogP contribution in [0.4, 0.5) is 5.69 Å². The van der Waals surface area contributed by atoms with Crippen LogP contribution >= 0.6 is 0 Å². The molecule has 8 heteroatoms. The van der Waals surface area contributed by atoms with Crippen molar-refractivity contribution in [3.05, 3.63) is 108 Å². The van der Waals surface area contributed by atoms with Crippen molar-refractivity contribution < 1.29 is 18.0 Å². The molecule has 1 aliphatic heterocycles. The molecular formula is C36H39N3O4S. The van der Waals surface area contributed by atoms with Crippen molar-refractivity contribution in [2.45, 2.75) is 74.9 Å². The van der Waals surface area contributed by atoms with E-state index in [4.69, 9.17) is 0 Å². The zero-order valence-corrected chi connectivity index (χ0v) is 25.7. The third-order valence-corrected chi connectivity index (χ3v) is 10.7. The smallest absolute Gasteiger partial charge is 0.265 e. The van der Waals surface area contributed by atoms with Crippen LogP contribution in [-0.2, 0) is 32.6 Å². The highest BCUT2D eigenvalue weighted by Crippen LogP contribution is 2.42. The van der Waals surface area contributed by atoms with E-state index in [-0.39, 0.29) is 30.8 Å². The van der Waals surface area contributed by atoms with Gasteiger partial charge in [-0.2, -0.15) is 0 Å². The molecular weight excluding hydrogens is 570 g/mol. The number of nitrogens with one attached hydrogen (secondary N) is 1. The van der Waals surface area contributed by atoms with Gasteiger partial charge in [0.05, 0.1) is 10.6 Å². The van der Waals surface area contributed by atoms with Crippen molar-refractivity contribution in [2.75, 3.05) is 10.8 Å². The number of anilines is 1. The molecule has 0 aromatic heterocycles. The molecule has 6 rings (SSSR count). The predicted octanol–water partition coefficient (Wildman–Crippen LogP) is 6.22. The summed E-state index contributed by atoms with van der Waals surface area (Å²) in [6.07, 6.45) is 6.13. The molecule has 1 saturated carbocycles. The number of amides is 2. The maximum Gasteiger partial charge on any atom is 0.265 e. The summed E-state index contributed by atoms with van der Waals surface area (Å²) in [5.41, 5.74) is 2.57. The topological polar surface area (TPSA) is 86.8 Å². The molecule has 4 aromatic carbocycles. The minimum absolute atomic E-state index is 0.118. The minimum atomic E-state index is -3.71. The highest BCUT2D eigenvalue weighted by Gasteiger charge is 2.36. The molecule has 1 heterocycles. The second-order valence-electron chi connectivity index (χ2n) is 11.9. The maximum absolute atomic E-state index is 14.1. The number of sulfonamides is 1. The summed E-state index contributed by atoms with van der Waals surface area (Å²) in [5.74, 6) is -0.296. The molecule has 44 heavy (non-hydrogen) atoms. The van der Waals surface area contributed by atoms with Crippen molar-refractivity contribution in [1.82, 2.24) is 10.2 Å². The number of nitrogens with zero attached hydrogens (tertiary/aromatic N) is 2. The van der Waals surface area contributed by atoms with Gasteiger partial charge in [0.2, 0.25) is 11.8 Å². The van der Waals surface area contributed by atoms with Crippen LogP contribution in [0.25, 0.3) is 10.8 Å². The number of hydrogen-bond acceptors (Lipinski definition) is 4. The van der Waals surface area contributed by atoms with Crippen LogP contribution < -0.4 is 9.62 Å². The Bertz CT molecular complexity index is 1720. The van der Waals surface area contributed by atoms with E-state index in [1.807, 2.05) is 84.9 Å². The molecule has 7 nitrogen and oxygen atoms in total. The molecule has 2 aliphatic rings. The lowest BCUT2D eigenvalue weighted by atomic mass is 9.94. The van der Waals surface area contributed by atoms with E-state index in [1.54, 1.807) is 17.0 Å². The number of carbonyl (C=O) groups is 2. The number of rotatable bonds is 11. The Morgan fingerprint density at radius 3 is 2.18 bits per heavy atom. The first-order valence-corrected chi connectivity index (χ1v) is 17.1. The fourth-order valence-electron chi connectivity index (χ4n) is 6.59. The van der Waals surface area contributed by atoms with Gasteiger partial charge in [0.25, 0.3) is 10.0 Å². The van der Waals surface area contributed by atoms with Crippen molar-refractivity contribution in [2.24, 2.45) is 0 Å². The Kier molecular flexibility index (Phi) is 8.98. The fourth-order valence-corrected chi connectivity index (χ4v) is 8.34. The Balaban J connectivity index is 1.24. The number of benzene rings is 4. The highest BCUT2D eigenvalue weighted by molar-refractivity contribution is 7.93. The van der Waals surface area contributed by atoms with Gasteiger partial charge in [0.1, 0.15) is 6.04 Å². The highest BCUT2D eigenvalue weighted by atomic mass is 32.2. The Morgan fingerprint density at radius 2 is 1.48 bits per heavy atom. The summed E-state index contributed by atoms with van der Waals surface area (Å²) in [5, 5.41) is 4.88. The van der Waals surface area contributed by atoms with Crippen LogP contribution in [-0.4, -0.2) is 43.8 Å². The van der Waals surface area contributed by atoms with E-state index < -0.39 is 16.1 Å². The summed E-state index contributed by atoms with van der Waals surface area (Å²) >= 11 is 0. The van der Waals surface area contributed by atoms with Crippen LogP contribution in [0.3, 0.4) is 0 Å². The van der Waals surface area contributed by atoms with Gasteiger partial charge in [0, 0.05) is 37.4 Å². The van der Waals surface area contributed by atoms with Gasteiger partial charge >= 0.3 is 0 Å². The third-order valence-electron chi connectivity index (χ3n) is 8.85. The summed E-state index contributed by atoms with van der Waals surface area (Å²) in [4.78, 5) is 30.1. The quantitative estimate of drug-likeness (QED) is 0.219. The van der Waals surface area contributed by atoms with Crippen molar-refractivity contribution >= 4 is 38.3 Å². The summed E-state index contributed by atoms with van der Waals surface area (Å²) in [6, 6.07) is 29.9. The Labute approximate surface area is 259 Å². The largest absolute Gasteiger partial charge is 0.352 e. The second kappa shape index (κ2) is 13.2. The van der Waals surface area contributed by atoms with Gasteiger partial charge in [0.15, 0.2) is 0 Å². The predicted molar refractivity (Wildman–Crippen MR) is 174 cm³/mol. The monoisotopic (exact) mass is 609 g/mol. The molecule has 0 bridgehead atoms. The molecule has 0 spiro atoms. The number of hydrogen-bond donors (Lipinski definition) is 1. The van der Waals surface area contributed by atoms with E-state index in [1.165, 1.54) is 10.7 Å². The zero-order chi connectivity index (χ0) is 30.5. The molecule has 0 radical (unpaired) electrons. The van der Waals surface area contributed by atoms with Crippen molar-refractivity contribution in [1.29, 1.82) is 0 Å². The Morgan fingerprint density at radius 1 is 0.818 bits per heavy atom. The third kappa shape index (κ3) is 6.36. The first-order valence-electron chi connectivity index (χ1n) is 15.6. The van der Waals surface area contributed by atoms with Gasteiger partial charge in [-0.25, -0.2) is 8.42 Å². The van der Waals surface area contributed by atoms with Crippen LogP contribution in [0.1, 0.15) is 56.1 Å². The lowest BCUT2D eigenvalue weighted by Crippen LogP contribution is -2.52. The average molecular weight is 610 g/mol. The zero-order valence-electron chi connectivity index (χ0n) is 24.9. The van der Waals surface area contributed by atoms with Gasteiger partial charge in [-0.1, -0.05) is 104 Å². The molecule has 1 atom stereocenters. The first-order chi connectivity index (χ1) is 21.4. The van der Waals surface area contributed by atoms with E-state index in [0.717, 1.165) is 47.6 Å². The van der Waals surface area contributed by atoms with E-state index >= 15 is 0 Å². The normalized spacial score (nSPS) is 16.5. The summed E-state index contributed by atoms with van der Waals surface area (Å²) in [6.45, 7) is 0.473. The minimum Gasteiger partial charge on any atom is -0.352 e. The number of carbonyl (C=O) groups excluding carboxylic acids is 2. The second-order valence-corrected chi connectivity index (χ2v) is 13.7. The molecule has 0 saturated heterocycles. The molecule has 4 aromatic rings. The molecule has 0 unspecified atom stereocenters. The summed E-state index contributed by atoms with van der Waals surface area (Å²) in [7, 11) is -3.71. The van der Waals surface area contributed by atoms with E-state index in [2.05, 4.69) is 5.32 Å². The van der Waals surface area contributed by atoms with Crippen molar-refractivity contribution in [3.8, 4) is 0 Å². The molecule has 2 amide bonds. The van der Waals surface area contributed by atoms with Gasteiger partial charge in [-0.3, -0.25) is 13.9 Å². The molecule has 1 aliphatic carbocycles. The lowest BCUT2D eigenvalue weighted by Gasteiger charge is -2.33. The first kappa shape index (κ1) is 29.9. The Hall–Kier alpha value is -4.17. The molecule has 1 N–H and O–H groups in total. The van der Waals surface area contributed by atoms with Crippen molar-refractivity contribution in [3.63, 3.8) is 0 Å². The van der Waals surface area contributed by atoms with Gasteiger partial charge in [-0.05, 0) is 47.9 Å². The SMILES string of the molecule is O=C(NC1CCCCC1)[C@H](Cc1ccccc1)N(Cc1ccccc1)C(=O)CCCN1c2cccc3cccc(c23)S1(=O)=O. The maximum atomic E-state index is 14.1. The standard InChI is InChI=1S/C36H39N3O4S/c40-34(23-12-24-39-31-21-10-17-29-18-11-22-33(35(29)31)44(39,42)43)38(26-28-15-6-2-7-16-28)32(25-27-13-4-1-5-14-27)36(41)37-30-19-8-3-9-20-30/h1-2,4-7,10-11,13-18,21-22,30,32H,3,8-9,12,19-20,23-26H2,(H,37,41)/t32-/m0/s1. The lowest BCUT2D eigenvalue weighted by molar-refractivity contribution is -0.141. The van der Waals surface area contributed by atoms with Gasteiger partial charge in [-0.15, -0.1) is 0 Å². The fraction of sp³-hybridized carbons (Fsp3) is 0.333. The van der Waals surface area contributed by atoms with E-state index in [9.17, 15) is 18.0 Å². The van der Waals surface area contributed by atoms with Crippen LogP contribution in [0.15, 0.2) is 102 Å². The summed E-state index contributed by atoms with van der Waals surface area (Å²) < 4.78 is 28.4.